The number of halogens is 4. The van der Waals surface area contributed by atoms with Crippen molar-refractivity contribution < 1.29 is 22.7 Å². The van der Waals surface area contributed by atoms with Gasteiger partial charge in [-0.25, -0.2) is 15.0 Å². The Balaban J connectivity index is 1.72. The number of aromatic nitrogens is 3. The first-order chi connectivity index (χ1) is 14.8. The number of hydrogen-bond acceptors (Lipinski definition) is 6. The van der Waals surface area contributed by atoms with E-state index >= 15 is 0 Å². The molecule has 0 unspecified atom stereocenters. The Morgan fingerprint density at radius 1 is 1.19 bits per heavy atom. The van der Waals surface area contributed by atoms with Crippen molar-refractivity contribution in [2.24, 2.45) is 0 Å². The van der Waals surface area contributed by atoms with Crippen LogP contribution >= 0.6 is 23.4 Å². The van der Waals surface area contributed by atoms with Gasteiger partial charge in [0.2, 0.25) is 5.91 Å². The van der Waals surface area contributed by atoms with Crippen LogP contribution < -0.4 is 10.1 Å². The molecule has 1 aromatic carbocycles. The van der Waals surface area contributed by atoms with Crippen LogP contribution in [0.4, 0.5) is 18.9 Å². The van der Waals surface area contributed by atoms with Crippen LogP contribution in [0.15, 0.2) is 53.8 Å². The molecule has 0 aliphatic heterocycles. The third-order valence-electron chi connectivity index (χ3n) is 3.98. The van der Waals surface area contributed by atoms with Gasteiger partial charge in [0.25, 0.3) is 0 Å². The van der Waals surface area contributed by atoms with Gasteiger partial charge in [-0.1, -0.05) is 23.4 Å². The van der Waals surface area contributed by atoms with E-state index in [2.05, 4.69) is 20.3 Å². The van der Waals surface area contributed by atoms with Crippen molar-refractivity contribution in [3.63, 3.8) is 0 Å². The van der Waals surface area contributed by atoms with E-state index in [0.717, 1.165) is 17.8 Å². The summed E-state index contributed by atoms with van der Waals surface area (Å²) in [7, 11) is 1.49. The number of thioether (sulfide) groups is 1. The molecule has 31 heavy (non-hydrogen) atoms. The van der Waals surface area contributed by atoms with Crippen LogP contribution in [0.25, 0.3) is 11.3 Å². The summed E-state index contributed by atoms with van der Waals surface area (Å²) >= 11 is 6.84. The number of nitrogens with zero attached hydrogens (tertiary/aromatic N) is 3. The van der Waals surface area contributed by atoms with Crippen molar-refractivity contribution in [3.05, 3.63) is 59.5 Å². The molecule has 0 atom stereocenters. The second-order valence-corrected chi connectivity index (χ2v) is 7.56. The summed E-state index contributed by atoms with van der Waals surface area (Å²) in [4.78, 5) is 23.8. The van der Waals surface area contributed by atoms with Crippen LogP contribution in [0.3, 0.4) is 0 Å². The molecule has 0 bridgehead atoms. The Morgan fingerprint density at radius 3 is 2.58 bits per heavy atom. The summed E-state index contributed by atoms with van der Waals surface area (Å²) in [5, 5.41) is 2.67. The Kier molecular flexibility index (Phi) is 7.34. The second kappa shape index (κ2) is 9.97. The molecule has 0 radical (unpaired) electrons. The highest BCUT2D eigenvalue weighted by Gasteiger charge is 2.33. The number of carbonyl (C=O) groups is 1. The molecule has 0 saturated carbocycles. The van der Waals surface area contributed by atoms with Gasteiger partial charge in [-0.05, 0) is 42.5 Å². The van der Waals surface area contributed by atoms with E-state index in [9.17, 15) is 18.0 Å². The summed E-state index contributed by atoms with van der Waals surface area (Å²) in [6, 6.07) is 10.6. The topological polar surface area (TPSA) is 77.0 Å². The molecular weight excluding hydrogens is 453 g/mol. The van der Waals surface area contributed by atoms with Crippen LogP contribution in [0.5, 0.6) is 5.75 Å². The lowest BCUT2D eigenvalue weighted by Gasteiger charge is -2.11. The first kappa shape index (κ1) is 22.8. The number of alkyl halides is 3. The zero-order valence-electron chi connectivity index (χ0n) is 16.1. The normalized spacial score (nSPS) is 11.3. The number of hydrogen-bond donors (Lipinski definition) is 1. The molecule has 2 aromatic heterocycles. The highest BCUT2D eigenvalue weighted by molar-refractivity contribution is 7.99. The summed E-state index contributed by atoms with van der Waals surface area (Å²) < 4.78 is 45.0. The first-order valence-corrected chi connectivity index (χ1v) is 10.3. The highest BCUT2D eigenvalue weighted by atomic mass is 35.5. The number of ether oxygens (including phenoxy) is 1. The number of carbonyl (C=O) groups excluding carboxylic acids is 1. The Morgan fingerprint density at radius 2 is 1.94 bits per heavy atom. The van der Waals surface area contributed by atoms with E-state index in [4.69, 9.17) is 16.3 Å². The smallest absolute Gasteiger partial charge is 0.433 e. The van der Waals surface area contributed by atoms with E-state index < -0.39 is 11.9 Å². The summed E-state index contributed by atoms with van der Waals surface area (Å²) in [6.07, 6.45) is -3.12. The van der Waals surface area contributed by atoms with Crippen LogP contribution in [-0.2, 0) is 11.0 Å². The SMILES string of the molecule is COc1ccc(-c2cc(C(F)(F)F)nc(SCCC(=O)Nc3cccnc3Cl)n2)cc1. The van der Waals surface area contributed by atoms with Gasteiger partial charge < -0.3 is 10.1 Å². The Labute approximate surface area is 185 Å². The molecule has 162 valence electrons. The molecule has 11 heteroatoms. The standard InChI is InChI=1S/C20H16ClF3N4O2S/c1-30-13-6-4-12(5-7-13)15-11-16(20(22,23)24)28-19(27-15)31-10-8-17(29)26-14-3-2-9-25-18(14)21/h2-7,9,11H,8,10H2,1H3,(H,26,29). The van der Waals surface area contributed by atoms with Crippen LogP contribution in [-0.4, -0.2) is 33.7 Å². The fourth-order valence-corrected chi connectivity index (χ4v) is 3.43. The Bertz CT molecular complexity index is 1070. The lowest BCUT2D eigenvalue weighted by molar-refractivity contribution is -0.141. The van der Waals surface area contributed by atoms with Crippen molar-refractivity contribution in [3.8, 4) is 17.0 Å². The van der Waals surface area contributed by atoms with Gasteiger partial charge in [0.05, 0.1) is 18.5 Å². The average molecular weight is 469 g/mol. The Hall–Kier alpha value is -2.85. The molecule has 2 heterocycles. The summed E-state index contributed by atoms with van der Waals surface area (Å²) in [5.41, 5.74) is -0.0859. The predicted molar refractivity (Wildman–Crippen MR) is 112 cm³/mol. The van der Waals surface area contributed by atoms with Crippen LogP contribution in [0.1, 0.15) is 12.1 Å². The van der Waals surface area contributed by atoms with Crippen molar-refractivity contribution in [2.45, 2.75) is 17.8 Å². The van der Waals surface area contributed by atoms with E-state index in [0.29, 0.717) is 17.0 Å². The molecule has 0 fully saturated rings. The van der Waals surface area contributed by atoms with E-state index in [1.54, 1.807) is 36.4 Å². The molecule has 3 rings (SSSR count). The number of benzene rings is 1. The average Bonchev–Trinajstić information content (AvgIpc) is 2.74. The van der Waals surface area contributed by atoms with Crippen molar-refractivity contribution in [1.29, 1.82) is 0 Å². The zero-order chi connectivity index (χ0) is 22.4. The van der Waals surface area contributed by atoms with E-state index in [-0.39, 0.29) is 34.1 Å². The number of nitrogens with one attached hydrogen (secondary N) is 1. The third kappa shape index (κ3) is 6.31. The number of amides is 1. The fourth-order valence-electron chi connectivity index (χ4n) is 2.47. The summed E-state index contributed by atoms with van der Waals surface area (Å²) in [5.74, 6) is 0.389. The van der Waals surface area contributed by atoms with E-state index in [1.165, 1.54) is 13.3 Å². The van der Waals surface area contributed by atoms with Gasteiger partial charge >= 0.3 is 6.18 Å². The van der Waals surface area contributed by atoms with Gasteiger partial charge in [-0.2, -0.15) is 13.2 Å². The predicted octanol–water partition coefficient (Wildman–Crippen LogP) is 5.34. The molecule has 0 saturated heterocycles. The lowest BCUT2D eigenvalue weighted by atomic mass is 10.1. The van der Waals surface area contributed by atoms with Gasteiger partial charge in [-0.3, -0.25) is 4.79 Å². The lowest BCUT2D eigenvalue weighted by Crippen LogP contribution is -2.13. The maximum Gasteiger partial charge on any atom is 0.433 e. The molecule has 3 aromatic rings. The molecule has 0 aliphatic carbocycles. The first-order valence-electron chi connectivity index (χ1n) is 8.90. The van der Waals surface area contributed by atoms with Crippen molar-refractivity contribution in [2.75, 3.05) is 18.2 Å². The van der Waals surface area contributed by atoms with E-state index in [1.807, 2.05) is 0 Å². The number of rotatable bonds is 7. The highest BCUT2D eigenvalue weighted by Crippen LogP contribution is 2.32. The molecular formula is C20H16ClF3N4O2S. The van der Waals surface area contributed by atoms with Gasteiger partial charge in [0.1, 0.15) is 11.4 Å². The minimum absolute atomic E-state index is 0.0212. The number of pyridine rings is 1. The summed E-state index contributed by atoms with van der Waals surface area (Å²) in [6.45, 7) is 0. The molecule has 1 N–H and O–H groups in total. The third-order valence-corrected chi connectivity index (χ3v) is 5.13. The van der Waals surface area contributed by atoms with Gasteiger partial charge in [0.15, 0.2) is 10.3 Å². The molecule has 0 aliphatic rings. The monoisotopic (exact) mass is 468 g/mol. The number of methoxy groups -OCH3 is 1. The van der Waals surface area contributed by atoms with Crippen LogP contribution in [0, 0.1) is 0 Å². The van der Waals surface area contributed by atoms with Gasteiger partial charge in [-0.15, -0.1) is 0 Å². The molecule has 6 nitrogen and oxygen atoms in total. The van der Waals surface area contributed by atoms with Crippen molar-refractivity contribution in [1.82, 2.24) is 15.0 Å². The maximum atomic E-state index is 13.3. The number of anilines is 1. The zero-order valence-corrected chi connectivity index (χ0v) is 17.7. The minimum Gasteiger partial charge on any atom is -0.497 e. The van der Waals surface area contributed by atoms with Crippen molar-refractivity contribution >= 4 is 35.0 Å². The minimum atomic E-state index is -4.63. The largest absolute Gasteiger partial charge is 0.497 e. The quantitative estimate of drug-likeness (QED) is 0.286. The molecule has 0 spiro atoms. The van der Waals surface area contributed by atoms with Crippen LogP contribution in [0.2, 0.25) is 5.15 Å². The fraction of sp³-hybridized carbons (Fsp3) is 0.200. The molecule has 1 amide bonds. The maximum absolute atomic E-state index is 13.3. The second-order valence-electron chi connectivity index (χ2n) is 6.14. The van der Waals surface area contributed by atoms with Gasteiger partial charge in [0, 0.05) is 23.9 Å².